The maximum absolute atomic E-state index is 13.4. The Morgan fingerprint density at radius 1 is 0.971 bits per heavy atom. The number of hydrogen-bond donors (Lipinski definition) is 1. The van der Waals surface area contributed by atoms with Crippen molar-refractivity contribution in [2.24, 2.45) is 5.92 Å². The molecule has 0 spiro atoms. The SMILES string of the molecule is CC(C)(C)c1ccc(C(=O)N2CCN(C(C(=O)Nc3cccc(Cl)c3)C3CCCC3)CC2)cc1. The van der Waals surface area contributed by atoms with Gasteiger partial charge in [0.1, 0.15) is 0 Å². The summed E-state index contributed by atoms with van der Waals surface area (Å²) in [6.45, 7) is 9.19. The lowest BCUT2D eigenvalue weighted by Gasteiger charge is -2.40. The summed E-state index contributed by atoms with van der Waals surface area (Å²) in [6, 6.07) is 15.1. The van der Waals surface area contributed by atoms with Gasteiger partial charge in [-0.15, -0.1) is 0 Å². The monoisotopic (exact) mass is 481 g/mol. The fourth-order valence-corrected chi connectivity index (χ4v) is 5.42. The largest absolute Gasteiger partial charge is 0.336 e. The lowest BCUT2D eigenvalue weighted by Crippen LogP contribution is -2.56. The van der Waals surface area contributed by atoms with Crippen LogP contribution in [0.15, 0.2) is 48.5 Å². The molecule has 1 saturated heterocycles. The van der Waals surface area contributed by atoms with Crippen LogP contribution in [0.2, 0.25) is 5.02 Å². The Kier molecular flexibility index (Phi) is 7.63. The number of carbonyl (C=O) groups excluding carboxylic acids is 2. The lowest BCUT2D eigenvalue weighted by molar-refractivity contribution is -0.123. The molecule has 34 heavy (non-hydrogen) atoms. The zero-order chi connectivity index (χ0) is 24.3. The van der Waals surface area contributed by atoms with Crippen LogP contribution >= 0.6 is 11.6 Å². The summed E-state index contributed by atoms with van der Waals surface area (Å²) in [5, 5.41) is 3.70. The van der Waals surface area contributed by atoms with Crippen molar-refractivity contribution in [2.45, 2.75) is 57.9 Å². The van der Waals surface area contributed by atoms with Crippen molar-refractivity contribution in [1.82, 2.24) is 9.80 Å². The van der Waals surface area contributed by atoms with Crippen LogP contribution in [0.3, 0.4) is 0 Å². The van der Waals surface area contributed by atoms with Gasteiger partial charge < -0.3 is 10.2 Å². The van der Waals surface area contributed by atoms with Crippen molar-refractivity contribution in [3.8, 4) is 0 Å². The predicted molar refractivity (Wildman–Crippen MR) is 138 cm³/mol. The highest BCUT2D eigenvalue weighted by molar-refractivity contribution is 6.30. The molecule has 1 aliphatic heterocycles. The second-order valence-corrected chi connectivity index (χ2v) is 11.1. The van der Waals surface area contributed by atoms with Gasteiger partial charge in [-0.2, -0.15) is 0 Å². The van der Waals surface area contributed by atoms with Crippen LogP contribution in [-0.4, -0.2) is 53.8 Å². The van der Waals surface area contributed by atoms with Gasteiger partial charge in [0.15, 0.2) is 0 Å². The molecule has 4 rings (SSSR count). The third-order valence-electron chi connectivity index (χ3n) is 7.20. The quantitative estimate of drug-likeness (QED) is 0.605. The highest BCUT2D eigenvalue weighted by Crippen LogP contribution is 2.32. The molecule has 0 aromatic heterocycles. The minimum absolute atomic E-state index is 0.0340. The fraction of sp³-hybridized carbons (Fsp3) is 0.500. The van der Waals surface area contributed by atoms with Gasteiger partial charge in [-0.3, -0.25) is 14.5 Å². The topological polar surface area (TPSA) is 52.7 Å². The zero-order valence-electron chi connectivity index (χ0n) is 20.5. The van der Waals surface area contributed by atoms with Gasteiger partial charge >= 0.3 is 0 Å². The van der Waals surface area contributed by atoms with E-state index in [1.54, 1.807) is 12.1 Å². The minimum atomic E-state index is -0.176. The Morgan fingerprint density at radius 2 is 1.62 bits per heavy atom. The van der Waals surface area contributed by atoms with Gasteiger partial charge in [-0.1, -0.05) is 63.4 Å². The van der Waals surface area contributed by atoms with Crippen LogP contribution < -0.4 is 5.32 Å². The average molecular weight is 482 g/mol. The number of piperazine rings is 1. The molecule has 2 aliphatic rings. The number of hydrogen-bond acceptors (Lipinski definition) is 3. The number of nitrogens with one attached hydrogen (secondary N) is 1. The van der Waals surface area contributed by atoms with E-state index in [0.29, 0.717) is 37.1 Å². The first-order valence-corrected chi connectivity index (χ1v) is 12.8. The van der Waals surface area contributed by atoms with E-state index in [-0.39, 0.29) is 23.3 Å². The van der Waals surface area contributed by atoms with Gasteiger partial charge in [-0.05, 0) is 60.1 Å². The Morgan fingerprint density at radius 3 is 2.21 bits per heavy atom. The summed E-state index contributed by atoms with van der Waals surface area (Å²) in [4.78, 5) is 30.7. The molecule has 6 heteroatoms. The molecular formula is C28H36ClN3O2. The minimum Gasteiger partial charge on any atom is -0.336 e. The molecule has 0 bridgehead atoms. The van der Waals surface area contributed by atoms with Crippen molar-refractivity contribution in [3.05, 3.63) is 64.7 Å². The molecule has 1 aliphatic carbocycles. The third kappa shape index (κ3) is 5.81. The van der Waals surface area contributed by atoms with Gasteiger partial charge in [0.25, 0.3) is 5.91 Å². The number of nitrogens with zero attached hydrogens (tertiary/aromatic N) is 2. The zero-order valence-corrected chi connectivity index (χ0v) is 21.3. The Bertz CT molecular complexity index is 1000. The first kappa shape index (κ1) is 24.7. The fourth-order valence-electron chi connectivity index (χ4n) is 5.23. The molecule has 1 N–H and O–H groups in total. The van der Waals surface area contributed by atoms with Crippen LogP contribution in [0.1, 0.15) is 62.4 Å². The van der Waals surface area contributed by atoms with E-state index >= 15 is 0 Å². The van der Waals surface area contributed by atoms with E-state index in [0.717, 1.165) is 24.1 Å². The molecule has 1 saturated carbocycles. The summed E-state index contributed by atoms with van der Waals surface area (Å²) in [7, 11) is 0. The van der Waals surface area contributed by atoms with Gasteiger partial charge in [-0.25, -0.2) is 0 Å². The molecule has 1 atom stereocenters. The number of halogens is 1. The van der Waals surface area contributed by atoms with Crippen LogP contribution in [0.4, 0.5) is 5.69 Å². The van der Waals surface area contributed by atoms with Crippen molar-refractivity contribution in [1.29, 1.82) is 0 Å². The van der Waals surface area contributed by atoms with E-state index in [1.165, 1.54) is 18.4 Å². The van der Waals surface area contributed by atoms with Crippen molar-refractivity contribution < 1.29 is 9.59 Å². The number of benzene rings is 2. The van der Waals surface area contributed by atoms with Gasteiger partial charge in [0.05, 0.1) is 6.04 Å². The Labute approximate surface area is 208 Å². The average Bonchev–Trinajstić information content (AvgIpc) is 3.33. The number of anilines is 1. The molecule has 0 radical (unpaired) electrons. The van der Waals surface area contributed by atoms with Crippen molar-refractivity contribution >= 4 is 29.1 Å². The Balaban J connectivity index is 1.41. The van der Waals surface area contributed by atoms with Crippen LogP contribution in [0, 0.1) is 5.92 Å². The first-order chi connectivity index (χ1) is 16.2. The summed E-state index contributed by atoms with van der Waals surface area (Å²) >= 11 is 6.11. The molecule has 1 unspecified atom stereocenters. The van der Waals surface area contributed by atoms with Gasteiger partial charge in [0, 0.05) is 42.5 Å². The maximum Gasteiger partial charge on any atom is 0.253 e. The van der Waals surface area contributed by atoms with E-state index in [4.69, 9.17) is 11.6 Å². The highest BCUT2D eigenvalue weighted by atomic mass is 35.5. The second-order valence-electron chi connectivity index (χ2n) is 10.6. The highest BCUT2D eigenvalue weighted by Gasteiger charge is 2.37. The molecule has 1 heterocycles. The normalized spacial score (nSPS) is 18.6. The molecular weight excluding hydrogens is 446 g/mol. The van der Waals surface area contributed by atoms with Crippen LogP contribution in [-0.2, 0) is 10.2 Å². The summed E-state index contributed by atoms with van der Waals surface area (Å²) in [6.07, 6.45) is 4.50. The number of carbonyl (C=O) groups is 2. The summed E-state index contributed by atoms with van der Waals surface area (Å²) in [5.74, 6) is 0.457. The smallest absolute Gasteiger partial charge is 0.253 e. The third-order valence-corrected chi connectivity index (χ3v) is 7.43. The molecule has 2 amide bonds. The molecule has 2 aromatic carbocycles. The van der Waals surface area contributed by atoms with E-state index in [2.05, 4.69) is 43.1 Å². The van der Waals surface area contributed by atoms with Crippen molar-refractivity contribution in [2.75, 3.05) is 31.5 Å². The standard InChI is InChI=1S/C28H36ClN3O2/c1-28(2,3)22-13-11-21(12-14-22)27(34)32-17-15-31(16-18-32)25(20-7-4-5-8-20)26(33)30-24-10-6-9-23(29)19-24/h6,9-14,19-20,25H,4-5,7-8,15-18H2,1-3H3,(H,30,33). The van der Waals surface area contributed by atoms with Crippen LogP contribution in [0.5, 0.6) is 0 Å². The first-order valence-electron chi connectivity index (χ1n) is 12.4. The lowest BCUT2D eigenvalue weighted by atomic mass is 9.86. The number of amides is 2. The van der Waals surface area contributed by atoms with E-state index < -0.39 is 0 Å². The van der Waals surface area contributed by atoms with E-state index in [9.17, 15) is 9.59 Å². The number of rotatable bonds is 5. The van der Waals surface area contributed by atoms with Crippen LogP contribution in [0.25, 0.3) is 0 Å². The van der Waals surface area contributed by atoms with Gasteiger partial charge in [0.2, 0.25) is 5.91 Å². The molecule has 182 valence electrons. The molecule has 5 nitrogen and oxygen atoms in total. The summed E-state index contributed by atoms with van der Waals surface area (Å²) in [5.41, 5.74) is 2.74. The van der Waals surface area contributed by atoms with Crippen molar-refractivity contribution in [3.63, 3.8) is 0 Å². The molecule has 2 fully saturated rings. The summed E-state index contributed by atoms with van der Waals surface area (Å²) < 4.78 is 0. The van der Waals surface area contributed by atoms with E-state index in [1.807, 2.05) is 29.2 Å². The second kappa shape index (κ2) is 10.5. The molecule has 2 aromatic rings. The Hall–Kier alpha value is -2.37. The maximum atomic E-state index is 13.4. The predicted octanol–water partition coefficient (Wildman–Crippen LogP) is 5.59.